The van der Waals surface area contributed by atoms with Crippen LogP contribution in [-0.2, 0) is 4.74 Å². The van der Waals surface area contributed by atoms with E-state index in [1.165, 1.54) is 18.0 Å². The number of hydrogen-bond donors (Lipinski definition) is 3. The summed E-state index contributed by atoms with van der Waals surface area (Å²) in [5.74, 6) is -1.07. The summed E-state index contributed by atoms with van der Waals surface area (Å²) in [6.07, 6.45) is -0.0172. The Balaban J connectivity index is 1.61. The number of alkyl halides is 1. The van der Waals surface area contributed by atoms with Crippen molar-refractivity contribution in [3.63, 3.8) is 0 Å². The third-order valence-electron chi connectivity index (χ3n) is 7.91. The van der Waals surface area contributed by atoms with Gasteiger partial charge in [0, 0.05) is 36.7 Å². The average molecular weight is 556 g/mol. The lowest BCUT2D eigenvalue weighted by atomic mass is 9.66. The number of ether oxygens (including phenoxy) is 2. The Bertz CT molecular complexity index is 1250. The first kappa shape index (κ1) is 29.3. The Morgan fingerprint density at radius 3 is 2.50 bits per heavy atom. The SMILES string of the molecule is CNC(=O)c1cc(C(=O)NCCCC2CN(C(=O)O)CCO2)cc2c1O[C@](CF)(C(C)(C)C)[C@H]2c1ccccc1. The second-order valence-corrected chi connectivity index (χ2v) is 11.4. The molecule has 3 atom stereocenters. The first-order valence-corrected chi connectivity index (χ1v) is 13.6. The number of nitrogens with one attached hydrogen (secondary N) is 2. The molecule has 1 saturated heterocycles. The van der Waals surface area contributed by atoms with Gasteiger partial charge in [-0.05, 0) is 30.5 Å². The van der Waals surface area contributed by atoms with Crippen molar-refractivity contribution in [1.29, 1.82) is 0 Å². The summed E-state index contributed by atoms with van der Waals surface area (Å²) >= 11 is 0. The molecule has 3 amide bonds. The molecule has 0 aliphatic carbocycles. The molecule has 3 N–H and O–H groups in total. The van der Waals surface area contributed by atoms with Crippen molar-refractivity contribution in [3.05, 3.63) is 64.7 Å². The van der Waals surface area contributed by atoms with E-state index < -0.39 is 35.6 Å². The summed E-state index contributed by atoms with van der Waals surface area (Å²) in [6, 6.07) is 12.6. The molecule has 1 unspecified atom stereocenters. The predicted octanol–water partition coefficient (Wildman–Crippen LogP) is 4.21. The van der Waals surface area contributed by atoms with Gasteiger partial charge in [-0.3, -0.25) is 9.59 Å². The van der Waals surface area contributed by atoms with Crippen LogP contribution in [0.3, 0.4) is 0 Å². The molecular formula is C30H38FN3O6. The molecule has 2 aliphatic heterocycles. The van der Waals surface area contributed by atoms with E-state index in [-0.39, 0.29) is 28.9 Å². The number of hydrogen-bond acceptors (Lipinski definition) is 5. The maximum Gasteiger partial charge on any atom is 0.407 e. The Morgan fingerprint density at radius 2 is 1.88 bits per heavy atom. The fourth-order valence-electron chi connectivity index (χ4n) is 5.59. The minimum Gasteiger partial charge on any atom is -0.482 e. The van der Waals surface area contributed by atoms with Crippen LogP contribution >= 0.6 is 0 Å². The third kappa shape index (κ3) is 5.63. The Hall–Kier alpha value is -3.66. The predicted molar refractivity (Wildman–Crippen MR) is 148 cm³/mol. The van der Waals surface area contributed by atoms with Gasteiger partial charge < -0.3 is 30.1 Å². The van der Waals surface area contributed by atoms with Crippen LogP contribution in [0.15, 0.2) is 42.5 Å². The van der Waals surface area contributed by atoms with Gasteiger partial charge in [0.25, 0.3) is 11.8 Å². The van der Waals surface area contributed by atoms with Crippen LogP contribution in [0.2, 0.25) is 0 Å². The largest absolute Gasteiger partial charge is 0.482 e. The van der Waals surface area contributed by atoms with Crippen molar-refractivity contribution in [2.45, 2.75) is 51.2 Å². The Labute approximate surface area is 234 Å². The van der Waals surface area contributed by atoms with Crippen molar-refractivity contribution in [1.82, 2.24) is 15.5 Å². The van der Waals surface area contributed by atoms with Gasteiger partial charge in [0.2, 0.25) is 0 Å². The molecule has 0 saturated carbocycles. The van der Waals surface area contributed by atoms with E-state index in [9.17, 15) is 19.5 Å². The minimum atomic E-state index is -1.29. The van der Waals surface area contributed by atoms with Crippen molar-refractivity contribution < 1.29 is 33.4 Å². The number of halogens is 1. The van der Waals surface area contributed by atoms with Crippen LogP contribution in [0, 0.1) is 5.41 Å². The third-order valence-corrected chi connectivity index (χ3v) is 7.91. The van der Waals surface area contributed by atoms with Gasteiger partial charge in [-0.1, -0.05) is 51.1 Å². The molecule has 216 valence electrons. The molecule has 4 rings (SSSR count). The molecule has 2 heterocycles. The molecule has 2 aromatic carbocycles. The fourth-order valence-corrected chi connectivity index (χ4v) is 5.59. The highest BCUT2D eigenvalue weighted by molar-refractivity contribution is 6.02. The zero-order valence-corrected chi connectivity index (χ0v) is 23.5. The molecule has 0 spiro atoms. The van der Waals surface area contributed by atoms with Gasteiger partial charge in [-0.25, -0.2) is 9.18 Å². The molecule has 40 heavy (non-hydrogen) atoms. The zero-order valence-electron chi connectivity index (χ0n) is 23.5. The fraction of sp³-hybridized carbons (Fsp3) is 0.500. The standard InChI is InChI=1S/C30H38FN3O6/c1-29(2,3)30(18-31)24(19-9-6-5-7-10-19)22-15-20(16-23(25(22)40-30)27(36)32-4)26(35)33-12-8-11-21-17-34(28(37)38)13-14-39-21/h5-7,9-10,15-16,21,24H,8,11-14,17-18H2,1-4H3,(H,32,36)(H,33,35)(H,37,38)/t21?,24-,30-/m0/s1. The summed E-state index contributed by atoms with van der Waals surface area (Å²) in [7, 11) is 1.50. The normalized spacial score (nSPS) is 22.3. The van der Waals surface area contributed by atoms with Gasteiger partial charge in [-0.2, -0.15) is 0 Å². The van der Waals surface area contributed by atoms with E-state index in [1.807, 2.05) is 51.1 Å². The zero-order chi connectivity index (χ0) is 29.1. The number of nitrogens with zero attached hydrogens (tertiary/aromatic N) is 1. The number of carboxylic acid groups (broad SMARTS) is 1. The topological polar surface area (TPSA) is 117 Å². The summed E-state index contributed by atoms with van der Waals surface area (Å²) < 4.78 is 27.2. The van der Waals surface area contributed by atoms with Gasteiger partial charge in [0.1, 0.15) is 12.4 Å². The number of carbonyl (C=O) groups is 3. The second kappa shape index (κ2) is 11.8. The summed E-state index contributed by atoms with van der Waals surface area (Å²) in [5.41, 5.74) is -0.0719. The highest BCUT2D eigenvalue weighted by atomic mass is 19.1. The number of amides is 3. The molecule has 9 nitrogen and oxygen atoms in total. The van der Waals surface area contributed by atoms with Crippen LogP contribution < -0.4 is 15.4 Å². The molecule has 0 radical (unpaired) electrons. The molecule has 2 aliphatic rings. The smallest absolute Gasteiger partial charge is 0.407 e. The number of carbonyl (C=O) groups excluding carboxylic acids is 2. The average Bonchev–Trinajstić information content (AvgIpc) is 3.30. The molecule has 0 bridgehead atoms. The summed E-state index contributed by atoms with van der Waals surface area (Å²) in [6.45, 7) is 6.28. The number of fused-ring (bicyclic) bond motifs is 1. The lowest BCUT2D eigenvalue weighted by Gasteiger charge is -2.43. The number of morpholine rings is 1. The van der Waals surface area contributed by atoms with Crippen LogP contribution in [0.25, 0.3) is 0 Å². The van der Waals surface area contributed by atoms with Gasteiger partial charge in [0.15, 0.2) is 5.60 Å². The maximum absolute atomic E-state index is 15.1. The van der Waals surface area contributed by atoms with Gasteiger partial charge in [-0.15, -0.1) is 0 Å². The van der Waals surface area contributed by atoms with Gasteiger partial charge >= 0.3 is 6.09 Å². The first-order chi connectivity index (χ1) is 19.0. The molecule has 0 aromatic heterocycles. The summed E-state index contributed by atoms with van der Waals surface area (Å²) in [4.78, 5) is 38.8. The first-order valence-electron chi connectivity index (χ1n) is 13.6. The van der Waals surface area contributed by atoms with Crippen molar-refractivity contribution in [2.75, 3.05) is 40.0 Å². The molecule has 1 fully saturated rings. The highest BCUT2D eigenvalue weighted by Crippen LogP contribution is 2.56. The Morgan fingerprint density at radius 1 is 1.15 bits per heavy atom. The highest BCUT2D eigenvalue weighted by Gasteiger charge is 2.57. The van der Waals surface area contributed by atoms with E-state index >= 15 is 4.39 Å². The molecule has 2 aromatic rings. The van der Waals surface area contributed by atoms with E-state index in [2.05, 4.69) is 10.6 Å². The summed E-state index contributed by atoms with van der Waals surface area (Å²) in [5, 5.41) is 14.7. The van der Waals surface area contributed by atoms with Gasteiger partial charge in [0.05, 0.1) is 30.7 Å². The Kier molecular flexibility index (Phi) is 8.68. The van der Waals surface area contributed by atoms with Crippen molar-refractivity contribution >= 4 is 17.9 Å². The van der Waals surface area contributed by atoms with E-state index in [0.29, 0.717) is 44.6 Å². The quantitative estimate of drug-likeness (QED) is 0.420. The van der Waals surface area contributed by atoms with Crippen LogP contribution in [-0.4, -0.2) is 79.6 Å². The van der Waals surface area contributed by atoms with E-state index in [1.54, 1.807) is 6.07 Å². The van der Waals surface area contributed by atoms with E-state index in [4.69, 9.17) is 9.47 Å². The second-order valence-electron chi connectivity index (χ2n) is 11.4. The lowest BCUT2D eigenvalue weighted by Crippen LogP contribution is -2.52. The minimum absolute atomic E-state index is 0.176. The van der Waals surface area contributed by atoms with Crippen molar-refractivity contribution in [2.24, 2.45) is 5.41 Å². The van der Waals surface area contributed by atoms with E-state index in [0.717, 1.165) is 5.56 Å². The molecule has 10 heteroatoms. The monoisotopic (exact) mass is 555 g/mol. The van der Waals surface area contributed by atoms with Crippen molar-refractivity contribution in [3.8, 4) is 5.75 Å². The number of benzene rings is 2. The van der Waals surface area contributed by atoms with Crippen LogP contribution in [0.4, 0.5) is 9.18 Å². The number of rotatable bonds is 8. The lowest BCUT2D eigenvalue weighted by molar-refractivity contribution is -0.0455. The van der Waals surface area contributed by atoms with Crippen LogP contribution in [0.5, 0.6) is 5.75 Å². The molecular weight excluding hydrogens is 517 g/mol. The maximum atomic E-state index is 15.1. The van der Waals surface area contributed by atoms with Crippen LogP contribution in [0.1, 0.15) is 71.4 Å².